The Morgan fingerprint density at radius 1 is 1.05 bits per heavy atom. The highest BCUT2D eigenvalue weighted by molar-refractivity contribution is 6.30. The lowest BCUT2D eigenvalue weighted by molar-refractivity contribution is -0.144. The van der Waals surface area contributed by atoms with Gasteiger partial charge in [0.15, 0.2) is 6.10 Å². The van der Waals surface area contributed by atoms with Gasteiger partial charge in [0.2, 0.25) is 0 Å². The van der Waals surface area contributed by atoms with Gasteiger partial charge in [-0.1, -0.05) is 62.7 Å². The van der Waals surface area contributed by atoms with Crippen molar-refractivity contribution < 1.29 is 19.4 Å². The largest absolute Gasteiger partial charge is 0.479 e. The number of rotatable bonds is 10. The molecule has 1 heterocycles. The molecule has 1 amide bonds. The van der Waals surface area contributed by atoms with E-state index in [0.717, 1.165) is 39.8 Å². The van der Waals surface area contributed by atoms with Gasteiger partial charge in [-0.3, -0.25) is 4.79 Å². The number of fused-ring (bicyclic) bond motifs is 1. The van der Waals surface area contributed by atoms with Crippen molar-refractivity contribution in [3.05, 3.63) is 99.2 Å². The third-order valence-corrected chi connectivity index (χ3v) is 8.67. The second kappa shape index (κ2) is 12.1. The highest BCUT2D eigenvalue weighted by Crippen LogP contribution is 2.36. The number of hydrogen-bond donors (Lipinski definition) is 2. The number of amides is 1. The predicted octanol–water partition coefficient (Wildman–Crippen LogP) is 8.24. The number of carbonyl (C=O) groups excluding carboxylic acids is 1. The minimum atomic E-state index is -1.03. The molecule has 1 aliphatic carbocycles. The molecule has 0 radical (unpaired) electrons. The van der Waals surface area contributed by atoms with Crippen molar-refractivity contribution in [3.8, 4) is 5.75 Å². The number of benzene rings is 3. The average molecular weight is 601 g/mol. The van der Waals surface area contributed by atoms with E-state index in [9.17, 15) is 14.7 Å². The van der Waals surface area contributed by atoms with Crippen molar-refractivity contribution in [2.45, 2.75) is 84.9 Å². The van der Waals surface area contributed by atoms with Crippen LogP contribution in [0.15, 0.2) is 60.7 Å². The van der Waals surface area contributed by atoms with Crippen molar-refractivity contribution in [1.29, 1.82) is 0 Å². The number of halogens is 1. The van der Waals surface area contributed by atoms with Crippen LogP contribution in [-0.2, 0) is 23.2 Å². The lowest BCUT2D eigenvalue weighted by Gasteiger charge is -2.21. The Kier molecular flexibility index (Phi) is 8.62. The summed E-state index contributed by atoms with van der Waals surface area (Å²) in [6.07, 6.45) is 2.06. The first-order valence-electron chi connectivity index (χ1n) is 15.0. The first-order valence-corrected chi connectivity index (χ1v) is 15.4. The van der Waals surface area contributed by atoms with Crippen LogP contribution in [0.2, 0.25) is 5.02 Å². The summed E-state index contributed by atoms with van der Waals surface area (Å²) in [5, 5.41) is 14.0. The Morgan fingerprint density at radius 2 is 1.74 bits per heavy atom. The summed E-state index contributed by atoms with van der Waals surface area (Å²) in [6, 6.07) is 19.7. The molecule has 0 unspecified atom stereocenters. The molecule has 1 fully saturated rings. The van der Waals surface area contributed by atoms with Crippen LogP contribution < -0.4 is 10.1 Å². The first-order chi connectivity index (χ1) is 20.3. The number of carbonyl (C=O) groups is 2. The van der Waals surface area contributed by atoms with E-state index in [-0.39, 0.29) is 17.4 Å². The number of hydrogen-bond acceptors (Lipinski definition) is 3. The maximum absolute atomic E-state index is 13.4. The van der Waals surface area contributed by atoms with Crippen LogP contribution in [0.1, 0.15) is 91.8 Å². The Bertz CT molecular complexity index is 1660. The van der Waals surface area contributed by atoms with E-state index in [1.165, 1.54) is 25.3 Å². The highest BCUT2D eigenvalue weighted by Gasteiger charge is 2.26. The van der Waals surface area contributed by atoms with Crippen LogP contribution in [-0.4, -0.2) is 27.7 Å². The average Bonchev–Trinajstić information content (AvgIpc) is 3.73. The molecule has 2 atom stereocenters. The quantitative estimate of drug-likeness (QED) is 0.192. The Balaban J connectivity index is 1.42. The number of aromatic nitrogens is 1. The van der Waals surface area contributed by atoms with Gasteiger partial charge in [-0.2, -0.15) is 0 Å². The minimum Gasteiger partial charge on any atom is -0.479 e. The van der Waals surface area contributed by atoms with Gasteiger partial charge in [0.05, 0.1) is 6.04 Å². The van der Waals surface area contributed by atoms with E-state index in [1.807, 2.05) is 37.3 Å². The molecule has 4 aromatic rings. The SMILES string of the molecule is Cc1c(Cc2cc(Cl)cc(O[C@H](C)C(=O)O)c2)c2ccc(C(=O)N[C@@H](C)c3ccc(C(C)(C)C)cc3)cc2n1CC1CC1. The van der Waals surface area contributed by atoms with Gasteiger partial charge in [-0.15, -0.1) is 0 Å². The van der Waals surface area contributed by atoms with Gasteiger partial charge >= 0.3 is 5.97 Å². The number of carboxylic acid groups (broad SMARTS) is 1. The molecule has 1 saturated carbocycles. The second-order valence-electron chi connectivity index (χ2n) is 13.0. The van der Waals surface area contributed by atoms with Crippen LogP contribution >= 0.6 is 11.6 Å². The van der Waals surface area contributed by atoms with Crippen molar-refractivity contribution in [2.75, 3.05) is 0 Å². The predicted molar refractivity (Wildman–Crippen MR) is 172 cm³/mol. The number of nitrogens with zero attached hydrogens (tertiary/aromatic N) is 1. The summed E-state index contributed by atoms with van der Waals surface area (Å²) >= 11 is 6.41. The molecule has 3 aromatic carbocycles. The summed E-state index contributed by atoms with van der Waals surface area (Å²) in [6.45, 7) is 13.1. The maximum atomic E-state index is 13.4. The van der Waals surface area contributed by atoms with Crippen LogP contribution in [0.3, 0.4) is 0 Å². The van der Waals surface area contributed by atoms with Gasteiger partial charge < -0.3 is 19.7 Å². The molecule has 5 rings (SSSR count). The van der Waals surface area contributed by atoms with Crippen molar-refractivity contribution in [3.63, 3.8) is 0 Å². The Morgan fingerprint density at radius 3 is 2.37 bits per heavy atom. The van der Waals surface area contributed by atoms with Crippen molar-refractivity contribution >= 4 is 34.4 Å². The normalized spacial score (nSPS) is 14.9. The zero-order valence-electron chi connectivity index (χ0n) is 25.8. The molecular weight excluding hydrogens is 560 g/mol. The highest BCUT2D eigenvalue weighted by atomic mass is 35.5. The van der Waals surface area contributed by atoms with E-state index in [0.29, 0.717) is 28.7 Å². The van der Waals surface area contributed by atoms with Gasteiger partial charge in [0.1, 0.15) is 5.75 Å². The van der Waals surface area contributed by atoms with Crippen LogP contribution in [0, 0.1) is 12.8 Å². The van der Waals surface area contributed by atoms with Crippen LogP contribution in [0.5, 0.6) is 5.75 Å². The molecule has 1 aromatic heterocycles. The van der Waals surface area contributed by atoms with Gasteiger partial charge in [0.25, 0.3) is 5.91 Å². The Hall–Kier alpha value is -3.77. The maximum Gasteiger partial charge on any atom is 0.344 e. The van der Waals surface area contributed by atoms with Crippen LogP contribution in [0.4, 0.5) is 0 Å². The molecule has 1 aliphatic rings. The van der Waals surface area contributed by atoms with E-state index in [2.05, 4.69) is 61.8 Å². The summed E-state index contributed by atoms with van der Waals surface area (Å²) in [5.41, 5.74) is 7.35. The first kappa shape index (κ1) is 30.7. The van der Waals surface area contributed by atoms with Crippen LogP contribution in [0.25, 0.3) is 10.9 Å². The smallest absolute Gasteiger partial charge is 0.344 e. The molecule has 43 heavy (non-hydrogen) atoms. The molecule has 6 nitrogen and oxygen atoms in total. The van der Waals surface area contributed by atoms with Gasteiger partial charge in [-0.05, 0) is 97.5 Å². The number of carboxylic acids is 1. The third kappa shape index (κ3) is 7.07. The van der Waals surface area contributed by atoms with Crippen molar-refractivity contribution in [1.82, 2.24) is 9.88 Å². The monoisotopic (exact) mass is 600 g/mol. The molecule has 226 valence electrons. The summed E-state index contributed by atoms with van der Waals surface area (Å²) in [5.74, 6) is -0.0534. The number of ether oxygens (including phenoxy) is 1. The zero-order valence-corrected chi connectivity index (χ0v) is 26.6. The molecule has 0 aliphatic heterocycles. The fourth-order valence-corrected chi connectivity index (χ4v) is 5.84. The van der Waals surface area contributed by atoms with Gasteiger partial charge in [-0.25, -0.2) is 4.79 Å². The third-order valence-electron chi connectivity index (χ3n) is 8.45. The lowest BCUT2D eigenvalue weighted by atomic mass is 9.86. The fourth-order valence-electron chi connectivity index (χ4n) is 5.59. The zero-order chi connectivity index (χ0) is 31.1. The topological polar surface area (TPSA) is 80.6 Å². The Labute approximate surface area is 259 Å². The minimum absolute atomic E-state index is 0.0779. The van der Waals surface area contributed by atoms with Gasteiger partial charge in [0, 0.05) is 40.1 Å². The summed E-state index contributed by atoms with van der Waals surface area (Å²) in [7, 11) is 0. The number of nitrogens with one attached hydrogen (secondary N) is 1. The van der Waals surface area contributed by atoms with E-state index in [4.69, 9.17) is 16.3 Å². The summed E-state index contributed by atoms with van der Waals surface area (Å²) < 4.78 is 7.96. The summed E-state index contributed by atoms with van der Waals surface area (Å²) in [4.78, 5) is 24.8. The molecule has 7 heteroatoms. The van der Waals surface area contributed by atoms with Crippen molar-refractivity contribution in [2.24, 2.45) is 5.92 Å². The molecule has 2 N–H and O–H groups in total. The van der Waals surface area contributed by atoms with E-state index >= 15 is 0 Å². The molecular formula is C36H41ClN2O4. The molecule has 0 bridgehead atoms. The molecule has 0 saturated heterocycles. The standard InChI is InChI=1S/C36H41ClN2O4/c1-21(26-9-12-28(13-10-26)36(4,5)6)38-34(40)27-11-14-31-32(22(2)39(33(31)18-27)20-24-7-8-24)17-25-15-29(37)19-30(16-25)43-23(3)35(41)42/h9-16,18-19,21,23-24H,7-8,17,20H2,1-6H3,(H,38,40)(H,41,42)/t21-,23+/m0/s1. The number of aliphatic carboxylic acids is 1. The van der Waals surface area contributed by atoms with E-state index < -0.39 is 12.1 Å². The fraction of sp³-hybridized carbons (Fsp3) is 0.389. The van der Waals surface area contributed by atoms with E-state index in [1.54, 1.807) is 6.07 Å². The lowest BCUT2D eigenvalue weighted by Crippen LogP contribution is -2.26. The molecule has 0 spiro atoms. The second-order valence-corrected chi connectivity index (χ2v) is 13.4.